The Hall–Kier alpha value is -1.58. The van der Waals surface area contributed by atoms with Crippen molar-refractivity contribution in [3.05, 3.63) is 23.8 Å². The molecular weight excluding hydrogens is 448 g/mol. The molecule has 200 valence electrons. The number of fused-ring (bicyclic) bond motifs is 7. The quantitative estimate of drug-likeness (QED) is 0.404. The molecule has 4 heteroatoms. The largest absolute Gasteiger partial charge is 0.481 e. The number of hydrogen-bond acceptors (Lipinski definition) is 3. The monoisotopic (exact) mass is 496 g/mol. The van der Waals surface area contributed by atoms with Gasteiger partial charge in [0.25, 0.3) is 0 Å². The second-order valence-corrected chi connectivity index (χ2v) is 14.6. The van der Waals surface area contributed by atoms with Crippen LogP contribution in [-0.4, -0.2) is 23.1 Å². The normalized spacial score (nSPS) is 49.5. The highest BCUT2D eigenvalue weighted by molar-refractivity contribution is 5.76. The number of carboxylic acids is 1. The lowest BCUT2D eigenvalue weighted by Crippen LogP contribution is -2.63. The van der Waals surface area contributed by atoms with Crippen LogP contribution in [0.25, 0.3) is 0 Å². The average molecular weight is 497 g/mol. The van der Waals surface area contributed by atoms with Crippen LogP contribution in [0.2, 0.25) is 0 Å². The first kappa shape index (κ1) is 26.0. The summed E-state index contributed by atoms with van der Waals surface area (Å²) in [6.07, 6.45) is 10.2. The summed E-state index contributed by atoms with van der Waals surface area (Å²) < 4.78 is 5.86. The van der Waals surface area contributed by atoms with Crippen LogP contribution in [0.3, 0.4) is 0 Å². The standard InChI is InChI=1S/C32H48O4/c1-18-9-15-32(28(34)35)16-10-23-22(26(32)20(18)3)17-19(2)27-30(23,7)13-11-24-29(5,6)25(36-21(4)33)12-14-31(24,27)8/h17-18,20,23-27H,2,9-16H2,1,3-8H3,(H,34,35)/t18-,20+,23?,24?,25+,26?,27?,30+,31+,32+/m1/s1. The van der Waals surface area contributed by atoms with E-state index in [2.05, 4.69) is 47.6 Å². The Bertz CT molecular complexity index is 1010. The lowest BCUT2D eigenvalue weighted by atomic mass is 9.36. The molecular formula is C32H48O4. The van der Waals surface area contributed by atoms with Crippen LogP contribution < -0.4 is 0 Å². The Kier molecular flexibility index (Phi) is 5.94. The maximum absolute atomic E-state index is 12.8. The first-order chi connectivity index (χ1) is 16.7. The molecule has 0 aliphatic heterocycles. The van der Waals surface area contributed by atoms with E-state index in [-0.39, 0.29) is 34.2 Å². The Morgan fingerprint density at radius 1 is 0.972 bits per heavy atom. The molecule has 5 aliphatic rings. The molecule has 0 radical (unpaired) electrons. The predicted octanol–water partition coefficient (Wildman–Crippen LogP) is 7.44. The van der Waals surface area contributed by atoms with Gasteiger partial charge in [-0.3, -0.25) is 9.59 Å². The van der Waals surface area contributed by atoms with Gasteiger partial charge in [-0.1, -0.05) is 65.3 Å². The fourth-order valence-electron chi connectivity index (χ4n) is 11.1. The van der Waals surface area contributed by atoms with Crippen LogP contribution in [-0.2, 0) is 14.3 Å². The van der Waals surface area contributed by atoms with E-state index in [1.807, 2.05) is 0 Å². The smallest absolute Gasteiger partial charge is 0.310 e. The van der Waals surface area contributed by atoms with Gasteiger partial charge in [-0.05, 0) is 97.7 Å². The molecule has 0 aromatic carbocycles. The number of ether oxygens (including phenoxy) is 1. The summed E-state index contributed by atoms with van der Waals surface area (Å²) in [6.45, 7) is 20.5. The molecule has 5 rings (SSSR count). The SMILES string of the molecule is C=C1C=C2C3[C@@H](C)[C@H](C)CC[C@]3(C(=O)O)CCC2[C@]2(C)CCC3C(C)(C)[C@@H](OC(C)=O)CC[C@]3(C)C12. The summed E-state index contributed by atoms with van der Waals surface area (Å²) in [7, 11) is 0. The number of carbonyl (C=O) groups is 2. The minimum absolute atomic E-state index is 0.0316. The van der Waals surface area contributed by atoms with E-state index in [1.165, 1.54) is 18.1 Å². The van der Waals surface area contributed by atoms with E-state index >= 15 is 0 Å². The Morgan fingerprint density at radius 2 is 1.61 bits per heavy atom. The molecule has 0 bridgehead atoms. The van der Waals surface area contributed by atoms with Gasteiger partial charge in [0.2, 0.25) is 0 Å². The Morgan fingerprint density at radius 3 is 2.25 bits per heavy atom. The van der Waals surface area contributed by atoms with Crippen LogP contribution >= 0.6 is 0 Å². The number of allylic oxidation sites excluding steroid dienone is 3. The third-order valence-corrected chi connectivity index (χ3v) is 12.7. The lowest BCUT2D eigenvalue weighted by molar-refractivity contribution is -0.194. The molecule has 4 unspecified atom stereocenters. The number of esters is 1. The highest BCUT2D eigenvalue weighted by atomic mass is 16.5. The van der Waals surface area contributed by atoms with E-state index in [4.69, 9.17) is 11.3 Å². The van der Waals surface area contributed by atoms with E-state index in [1.54, 1.807) is 0 Å². The third-order valence-electron chi connectivity index (χ3n) is 12.7. The van der Waals surface area contributed by atoms with E-state index < -0.39 is 11.4 Å². The van der Waals surface area contributed by atoms with Gasteiger partial charge < -0.3 is 9.84 Å². The second kappa shape index (κ2) is 8.21. The minimum atomic E-state index is -0.608. The summed E-state index contributed by atoms with van der Waals surface area (Å²) in [6, 6.07) is 0. The van der Waals surface area contributed by atoms with Crippen molar-refractivity contribution in [1.82, 2.24) is 0 Å². The number of carbonyl (C=O) groups excluding carboxylic acids is 1. The summed E-state index contributed by atoms with van der Waals surface area (Å²) in [5.74, 6) is 1.57. The van der Waals surface area contributed by atoms with Crippen molar-refractivity contribution in [3.63, 3.8) is 0 Å². The van der Waals surface area contributed by atoms with Crippen LogP contribution in [0.15, 0.2) is 23.8 Å². The van der Waals surface area contributed by atoms with Gasteiger partial charge in [-0.2, -0.15) is 0 Å². The molecule has 0 aromatic rings. The van der Waals surface area contributed by atoms with Crippen LogP contribution in [0.1, 0.15) is 99.8 Å². The molecule has 4 saturated carbocycles. The van der Waals surface area contributed by atoms with Crippen molar-refractivity contribution in [1.29, 1.82) is 0 Å². The second-order valence-electron chi connectivity index (χ2n) is 14.6. The van der Waals surface area contributed by atoms with E-state index in [0.29, 0.717) is 29.6 Å². The van der Waals surface area contributed by atoms with Crippen molar-refractivity contribution < 1.29 is 19.4 Å². The fourth-order valence-corrected chi connectivity index (χ4v) is 11.1. The molecule has 0 heterocycles. The molecule has 10 atom stereocenters. The molecule has 5 aliphatic carbocycles. The molecule has 4 fully saturated rings. The predicted molar refractivity (Wildman–Crippen MR) is 142 cm³/mol. The van der Waals surface area contributed by atoms with E-state index in [9.17, 15) is 14.7 Å². The lowest BCUT2D eigenvalue weighted by Gasteiger charge is -2.68. The van der Waals surface area contributed by atoms with Crippen molar-refractivity contribution in [3.8, 4) is 0 Å². The maximum atomic E-state index is 12.8. The summed E-state index contributed by atoms with van der Waals surface area (Å²) >= 11 is 0. The molecule has 0 spiro atoms. The molecule has 0 aromatic heterocycles. The zero-order valence-corrected chi connectivity index (χ0v) is 23.7. The van der Waals surface area contributed by atoms with Gasteiger partial charge in [0.15, 0.2) is 0 Å². The summed E-state index contributed by atoms with van der Waals surface area (Å²) in [5, 5.41) is 10.5. The molecule has 0 amide bonds. The number of aliphatic carboxylic acids is 1. The average Bonchev–Trinajstić information content (AvgIpc) is 2.77. The van der Waals surface area contributed by atoms with E-state index in [0.717, 1.165) is 51.4 Å². The molecule has 36 heavy (non-hydrogen) atoms. The van der Waals surface area contributed by atoms with Gasteiger partial charge in [0.05, 0.1) is 5.41 Å². The first-order valence-corrected chi connectivity index (χ1v) is 14.5. The third kappa shape index (κ3) is 3.30. The fraction of sp³-hybridized carbons (Fsp3) is 0.812. The van der Waals surface area contributed by atoms with Crippen LogP contribution in [0.5, 0.6) is 0 Å². The van der Waals surface area contributed by atoms with Crippen LogP contribution in [0, 0.1) is 57.2 Å². The zero-order chi connectivity index (χ0) is 26.4. The highest BCUT2D eigenvalue weighted by Crippen LogP contribution is 2.73. The summed E-state index contributed by atoms with van der Waals surface area (Å²) in [5.41, 5.74) is 2.15. The van der Waals surface area contributed by atoms with Crippen LogP contribution in [0.4, 0.5) is 0 Å². The topological polar surface area (TPSA) is 63.6 Å². The van der Waals surface area contributed by atoms with Gasteiger partial charge in [-0.25, -0.2) is 0 Å². The molecule has 1 N–H and O–H groups in total. The number of rotatable bonds is 2. The van der Waals surface area contributed by atoms with Gasteiger partial charge in [-0.15, -0.1) is 0 Å². The van der Waals surface area contributed by atoms with Crippen molar-refractivity contribution in [2.24, 2.45) is 57.2 Å². The van der Waals surface area contributed by atoms with Gasteiger partial charge in [0.1, 0.15) is 6.10 Å². The van der Waals surface area contributed by atoms with Crippen molar-refractivity contribution >= 4 is 11.9 Å². The van der Waals surface area contributed by atoms with Gasteiger partial charge in [0, 0.05) is 12.3 Å². The highest BCUT2D eigenvalue weighted by Gasteiger charge is 2.67. The summed E-state index contributed by atoms with van der Waals surface area (Å²) in [4.78, 5) is 24.7. The molecule has 4 nitrogen and oxygen atoms in total. The maximum Gasteiger partial charge on any atom is 0.310 e. The van der Waals surface area contributed by atoms with Crippen molar-refractivity contribution in [2.75, 3.05) is 0 Å². The Balaban J connectivity index is 1.57. The Labute approximate surface area is 218 Å². The zero-order valence-electron chi connectivity index (χ0n) is 23.7. The number of carboxylic acid groups (broad SMARTS) is 1. The minimum Gasteiger partial charge on any atom is -0.481 e. The molecule has 0 saturated heterocycles. The van der Waals surface area contributed by atoms with Gasteiger partial charge >= 0.3 is 11.9 Å². The van der Waals surface area contributed by atoms with Crippen molar-refractivity contribution in [2.45, 2.75) is 106 Å². The number of hydrogen-bond donors (Lipinski definition) is 1. The first-order valence-electron chi connectivity index (χ1n) is 14.5.